The summed E-state index contributed by atoms with van der Waals surface area (Å²) in [5, 5.41) is 51.5. The molecule has 3 heterocycles. The van der Waals surface area contributed by atoms with Crippen LogP contribution in [0.3, 0.4) is 0 Å². The van der Waals surface area contributed by atoms with Gasteiger partial charge in [0.1, 0.15) is 18.3 Å². The number of methoxy groups -OCH3 is 1. The first kappa shape index (κ1) is 35.5. The van der Waals surface area contributed by atoms with Crippen molar-refractivity contribution in [3.8, 4) is 0 Å². The number of rotatable bonds is 12. The van der Waals surface area contributed by atoms with E-state index in [1.54, 1.807) is 0 Å². The first-order valence-electron chi connectivity index (χ1n) is 13.8. The van der Waals surface area contributed by atoms with Gasteiger partial charge in [0.25, 0.3) is 0 Å². The summed E-state index contributed by atoms with van der Waals surface area (Å²) >= 11 is 4.29. The standard InChI is InChI=1S/C26H42I2O13/c1-5-12-10(2)15(39-11(3)17(12)27)8-38-7-14-19(29)21(31)16(40-22(14)24(32)33)9-37-6-13-18(28)23(25(34)35)41-26(36-4)20(13)30/h10-23,26,29-31H,5-9H2,1-4H3,(H,32,33)(H,34,35). The second-order valence-electron chi connectivity index (χ2n) is 11.0. The van der Waals surface area contributed by atoms with E-state index in [-0.39, 0.29) is 44.6 Å². The molecule has 3 saturated heterocycles. The predicted molar refractivity (Wildman–Crippen MR) is 159 cm³/mol. The van der Waals surface area contributed by atoms with Crippen LogP contribution in [0.4, 0.5) is 0 Å². The molecule has 5 N–H and O–H groups in total. The molecule has 0 aliphatic carbocycles. The zero-order valence-corrected chi connectivity index (χ0v) is 27.8. The molecule has 0 aromatic heterocycles. The molecule has 15 heteroatoms. The van der Waals surface area contributed by atoms with Crippen molar-refractivity contribution >= 4 is 57.1 Å². The van der Waals surface area contributed by atoms with Crippen LogP contribution in [0.2, 0.25) is 0 Å². The van der Waals surface area contributed by atoms with Gasteiger partial charge in [-0.2, -0.15) is 0 Å². The Balaban J connectivity index is 1.57. The van der Waals surface area contributed by atoms with Crippen molar-refractivity contribution in [1.29, 1.82) is 0 Å². The molecule has 0 bridgehead atoms. The molecule has 0 radical (unpaired) electrons. The topological polar surface area (TPSA) is 191 Å². The van der Waals surface area contributed by atoms with Gasteiger partial charge in [-0.1, -0.05) is 65.5 Å². The van der Waals surface area contributed by atoms with E-state index in [0.29, 0.717) is 9.84 Å². The maximum absolute atomic E-state index is 12.1. The van der Waals surface area contributed by atoms with E-state index in [0.717, 1.165) is 6.42 Å². The fourth-order valence-electron chi connectivity index (χ4n) is 5.90. The average Bonchev–Trinajstić information content (AvgIpc) is 2.92. The minimum absolute atomic E-state index is 0.0448. The van der Waals surface area contributed by atoms with E-state index < -0.39 is 70.6 Å². The van der Waals surface area contributed by atoms with Gasteiger partial charge in [0, 0.05) is 22.9 Å². The van der Waals surface area contributed by atoms with Gasteiger partial charge in [0.05, 0.1) is 48.7 Å². The number of aliphatic carboxylic acids is 2. The van der Waals surface area contributed by atoms with Crippen LogP contribution < -0.4 is 0 Å². The fraction of sp³-hybridized carbons (Fsp3) is 0.923. The second kappa shape index (κ2) is 15.9. The Labute approximate surface area is 266 Å². The summed E-state index contributed by atoms with van der Waals surface area (Å²) in [6.07, 6.45) is -8.33. The monoisotopic (exact) mass is 816 g/mol. The molecule has 3 aliphatic heterocycles. The van der Waals surface area contributed by atoms with Crippen molar-refractivity contribution in [2.24, 2.45) is 23.7 Å². The number of carboxylic acid groups (broad SMARTS) is 2. The molecule has 0 aromatic rings. The minimum atomic E-state index is -1.47. The summed E-state index contributed by atoms with van der Waals surface area (Å²) in [5.74, 6) is -3.60. The lowest BCUT2D eigenvalue weighted by molar-refractivity contribution is -0.252. The third kappa shape index (κ3) is 8.20. The number of carboxylic acids is 2. The van der Waals surface area contributed by atoms with Crippen LogP contribution in [0, 0.1) is 23.7 Å². The molecule has 0 amide bonds. The number of hydrogen-bond acceptors (Lipinski definition) is 11. The normalized spacial score (nSPS) is 45.3. The van der Waals surface area contributed by atoms with Crippen molar-refractivity contribution in [1.82, 2.24) is 0 Å². The van der Waals surface area contributed by atoms with E-state index in [2.05, 4.69) is 36.4 Å². The van der Waals surface area contributed by atoms with Gasteiger partial charge in [-0.25, -0.2) is 9.59 Å². The second-order valence-corrected chi connectivity index (χ2v) is 13.9. The SMILES string of the molecule is CCC1C(C)C(COCC2C(C(=O)O)OC(COCC3C(O)C(OC)OC(C(=O)O)C3I)C(O)C2O)OC(C)C1I. The van der Waals surface area contributed by atoms with Gasteiger partial charge >= 0.3 is 11.9 Å². The summed E-state index contributed by atoms with van der Waals surface area (Å²) in [6.45, 7) is 5.89. The van der Waals surface area contributed by atoms with E-state index in [9.17, 15) is 35.1 Å². The van der Waals surface area contributed by atoms with Gasteiger partial charge in [0.15, 0.2) is 18.5 Å². The first-order valence-corrected chi connectivity index (χ1v) is 16.3. The summed E-state index contributed by atoms with van der Waals surface area (Å²) in [5.41, 5.74) is 0. The molecule has 0 spiro atoms. The Bertz CT molecular complexity index is 867. The number of hydrogen-bond donors (Lipinski definition) is 5. The highest BCUT2D eigenvalue weighted by molar-refractivity contribution is 14.1. The Hall–Kier alpha value is 0.0400. The number of aliphatic hydroxyl groups is 3. The van der Waals surface area contributed by atoms with Crippen molar-refractivity contribution in [2.75, 3.05) is 33.5 Å². The molecule has 0 aromatic carbocycles. The molecule has 15 atom stereocenters. The van der Waals surface area contributed by atoms with Crippen molar-refractivity contribution in [3.05, 3.63) is 0 Å². The molecular formula is C26H42I2O13. The smallest absolute Gasteiger partial charge is 0.334 e. The van der Waals surface area contributed by atoms with Crippen molar-refractivity contribution < 1.29 is 63.5 Å². The highest BCUT2D eigenvalue weighted by atomic mass is 127. The van der Waals surface area contributed by atoms with Crippen molar-refractivity contribution in [2.45, 2.75) is 90.2 Å². The molecule has 13 nitrogen and oxygen atoms in total. The molecule has 3 fully saturated rings. The highest BCUT2D eigenvalue weighted by Crippen LogP contribution is 2.38. The zero-order chi connectivity index (χ0) is 30.6. The van der Waals surface area contributed by atoms with Crippen LogP contribution >= 0.6 is 45.2 Å². The average molecular weight is 816 g/mol. The number of halogens is 2. The van der Waals surface area contributed by atoms with Crippen LogP contribution in [0.15, 0.2) is 0 Å². The van der Waals surface area contributed by atoms with Crippen LogP contribution in [-0.4, -0.2) is 134 Å². The maximum Gasteiger partial charge on any atom is 0.334 e. The Morgan fingerprint density at radius 1 is 0.732 bits per heavy atom. The number of ether oxygens (including phenoxy) is 6. The van der Waals surface area contributed by atoms with Gasteiger partial charge in [-0.05, 0) is 18.8 Å². The van der Waals surface area contributed by atoms with Gasteiger partial charge < -0.3 is 54.0 Å². The summed E-state index contributed by atoms with van der Waals surface area (Å²) in [4.78, 5) is 23.6. The largest absolute Gasteiger partial charge is 0.479 e. The minimum Gasteiger partial charge on any atom is -0.479 e. The molecule has 15 unspecified atom stereocenters. The maximum atomic E-state index is 12.1. The van der Waals surface area contributed by atoms with Gasteiger partial charge in [-0.3, -0.25) is 0 Å². The highest BCUT2D eigenvalue weighted by Gasteiger charge is 2.50. The fourth-order valence-corrected chi connectivity index (χ4v) is 8.34. The molecule has 0 saturated carbocycles. The number of alkyl halides is 2. The summed E-state index contributed by atoms with van der Waals surface area (Å²) < 4.78 is 33.4. The molecule has 3 rings (SSSR count). The van der Waals surface area contributed by atoms with Crippen LogP contribution in [0.1, 0.15) is 27.2 Å². The predicted octanol–water partition coefficient (Wildman–Crippen LogP) is 0.699. The molecular weight excluding hydrogens is 774 g/mol. The zero-order valence-electron chi connectivity index (χ0n) is 23.5. The first-order chi connectivity index (χ1) is 19.3. The summed E-state index contributed by atoms with van der Waals surface area (Å²) in [6, 6.07) is 0. The lowest BCUT2D eigenvalue weighted by Gasteiger charge is -2.44. The lowest BCUT2D eigenvalue weighted by Crippen LogP contribution is -2.59. The van der Waals surface area contributed by atoms with E-state index >= 15 is 0 Å². The lowest BCUT2D eigenvalue weighted by atomic mass is 9.81. The molecule has 238 valence electrons. The van der Waals surface area contributed by atoms with Crippen LogP contribution in [0.5, 0.6) is 0 Å². The third-order valence-corrected chi connectivity index (χ3v) is 12.0. The molecule has 41 heavy (non-hydrogen) atoms. The van der Waals surface area contributed by atoms with E-state index in [1.165, 1.54) is 7.11 Å². The van der Waals surface area contributed by atoms with Crippen LogP contribution in [0.25, 0.3) is 0 Å². The van der Waals surface area contributed by atoms with Gasteiger partial charge in [0.2, 0.25) is 0 Å². The van der Waals surface area contributed by atoms with Crippen LogP contribution in [-0.2, 0) is 38.0 Å². The van der Waals surface area contributed by atoms with Gasteiger partial charge in [-0.15, -0.1) is 0 Å². The van der Waals surface area contributed by atoms with E-state index in [1.807, 2.05) is 29.5 Å². The number of aliphatic hydroxyl groups excluding tert-OH is 3. The Morgan fingerprint density at radius 2 is 1.32 bits per heavy atom. The molecule has 3 aliphatic rings. The quantitative estimate of drug-likeness (QED) is 0.137. The summed E-state index contributed by atoms with van der Waals surface area (Å²) in [7, 11) is 1.28. The van der Waals surface area contributed by atoms with Crippen molar-refractivity contribution in [3.63, 3.8) is 0 Å². The Morgan fingerprint density at radius 3 is 1.88 bits per heavy atom. The number of carbonyl (C=O) groups is 2. The third-order valence-electron chi connectivity index (χ3n) is 8.46. The Kier molecular flexibility index (Phi) is 13.7. The van der Waals surface area contributed by atoms with E-state index in [4.69, 9.17) is 28.4 Å².